The Balaban J connectivity index is 1.73. The van der Waals surface area contributed by atoms with Crippen LogP contribution in [0.4, 0.5) is 0 Å². The van der Waals surface area contributed by atoms with Gasteiger partial charge in [0.05, 0.1) is 12.0 Å². The standard InChI is InChI=1S/C12H14O2S/c1-14-11-3-2-10(15-11)12(13)9-5-7-4-8(7)6-9/h2-3,7-9H,4-6H2,1H3. The van der Waals surface area contributed by atoms with Crippen LogP contribution in [0.25, 0.3) is 0 Å². The highest BCUT2D eigenvalue weighted by Gasteiger charge is 2.48. The molecule has 2 saturated carbocycles. The summed E-state index contributed by atoms with van der Waals surface area (Å²) in [4.78, 5) is 13.0. The van der Waals surface area contributed by atoms with E-state index in [0.717, 1.165) is 34.6 Å². The Bertz CT molecular complexity index is 386. The van der Waals surface area contributed by atoms with Crippen LogP contribution in [-0.2, 0) is 0 Å². The van der Waals surface area contributed by atoms with Crippen molar-refractivity contribution in [2.45, 2.75) is 19.3 Å². The average molecular weight is 222 g/mol. The molecule has 2 aliphatic carbocycles. The maximum absolute atomic E-state index is 12.1. The molecule has 2 atom stereocenters. The maximum Gasteiger partial charge on any atom is 0.176 e. The van der Waals surface area contributed by atoms with Gasteiger partial charge in [0.2, 0.25) is 0 Å². The second-order valence-electron chi connectivity index (χ2n) is 4.61. The molecule has 2 aliphatic rings. The zero-order chi connectivity index (χ0) is 10.4. The van der Waals surface area contributed by atoms with E-state index in [-0.39, 0.29) is 0 Å². The van der Waals surface area contributed by atoms with E-state index in [4.69, 9.17) is 4.74 Å². The lowest BCUT2D eigenvalue weighted by atomic mass is 9.97. The molecule has 3 rings (SSSR count). The highest BCUT2D eigenvalue weighted by Crippen LogP contribution is 2.55. The number of hydrogen-bond acceptors (Lipinski definition) is 3. The van der Waals surface area contributed by atoms with Crippen LogP contribution in [0.15, 0.2) is 12.1 Å². The Morgan fingerprint density at radius 2 is 2.07 bits per heavy atom. The first-order valence-corrected chi connectivity index (χ1v) is 6.27. The molecule has 2 unspecified atom stereocenters. The zero-order valence-electron chi connectivity index (χ0n) is 8.73. The fourth-order valence-corrected chi connectivity index (χ4v) is 3.53. The minimum absolute atomic E-state index is 0.303. The first-order valence-electron chi connectivity index (χ1n) is 5.46. The van der Waals surface area contributed by atoms with Gasteiger partial charge in [-0.1, -0.05) is 11.3 Å². The molecule has 0 aliphatic heterocycles. The summed E-state index contributed by atoms with van der Waals surface area (Å²) in [6.07, 6.45) is 3.63. The number of methoxy groups -OCH3 is 1. The lowest BCUT2D eigenvalue weighted by Crippen LogP contribution is -2.11. The van der Waals surface area contributed by atoms with Crippen LogP contribution in [0.1, 0.15) is 28.9 Å². The summed E-state index contributed by atoms with van der Waals surface area (Å²) < 4.78 is 5.10. The van der Waals surface area contributed by atoms with Crippen molar-refractivity contribution in [1.29, 1.82) is 0 Å². The van der Waals surface area contributed by atoms with Gasteiger partial charge in [-0.2, -0.15) is 0 Å². The molecule has 0 saturated heterocycles. The summed E-state index contributed by atoms with van der Waals surface area (Å²) >= 11 is 1.47. The van der Waals surface area contributed by atoms with E-state index in [9.17, 15) is 4.79 Å². The molecule has 2 nitrogen and oxygen atoms in total. The van der Waals surface area contributed by atoms with Gasteiger partial charge >= 0.3 is 0 Å². The molecule has 0 amide bonds. The normalized spacial score (nSPS) is 32.5. The molecular weight excluding hydrogens is 208 g/mol. The van der Waals surface area contributed by atoms with Crippen molar-refractivity contribution in [3.8, 4) is 5.06 Å². The van der Waals surface area contributed by atoms with Crippen LogP contribution in [0.3, 0.4) is 0 Å². The minimum Gasteiger partial charge on any atom is -0.487 e. The van der Waals surface area contributed by atoms with Gasteiger partial charge in [-0.25, -0.2) is 0 Å². The third-order valence-electron chi connectivity index (χ3n) is 3.64. The second-order valence-corrected chi connectivity index (χ2v) is 5.66. The molecule has 80 valence electrons. The molecule has 0 radical (unpaired) electrons. The molecule has 1 heterocycles. The largest absolute Gasteiger partial charge is 0.487 e. The second kappa shape index (κ2) is 3.34. The average Bonchev–Trinajstić information content (AvgIpc) is 2.73. The molecule has 0 N–H and O–H groups in total. The SMILES string of the molecule is COc1ccc(C(=O)C2CC3CC3C2)s1. The van der Waals surface area contributed by atoms with E-state index in [2.05, 4.69) is 0 Å². The Hall–Kier alpha value is -0.830. The number of carbonyl (C=O) groups excluding carboxylic acids is 1. The number of hydrogen-bond donors (Lipinski definition) is 0. The van der Waals surface area contributed by atoms with Crippen LogP contribution in [0.5, 0.6) is 5.06 Å². The quantitative estimate of drug-likeness (QED) is 0.735. The van der Waals surface area contributed by atoms with Gasteiger partial charge in [0.25, 0.3) is 0 Å². The smallest absolute Gasteiger partial charge is 0.176 e. The van der Waals surface area contributed by atoms with Crippen LogP contribution < -0.4 is 4.74 Å². The van der Waals surface area contributed by atoms with Gasteiger partial charge in [-0.15, -0.1) is 0 Å². The number of ether oxygens (including phenoxy) is 1. The predicted octanol–water partition coefficient (Wildman–Crippen LogP) is 2.99. The number of rotatable bonds is 3. The molecular formula is C12H14O2S. The van der Waals surface area contributed by atoms with E-state index in [0.29, 0.717) is 11.7 Å². The summed E-state index contributed by atoms with van der Waals surface area (Å²) in [7, 11) is 1.64. The molecule has 1 aromatic heterocycles. The van der Waals surface area contributed by atoms with Crippen LogP contribution in [0.2, 0.25) is 0 Å². The zero-order valence-corrected chi connectivity index (χ0v) is 9.55. The van der Waals surface area contributed by atoms with Crippen molar-refractivity contribution < 1.29 is 9.53 Å². The summed E-state index contributed by atoms with van der Waals surface area (Å²) in [5, 5.41) is 0.835. The predicted molar refractivity (Wildman–Crippen MR) is 59.5 cm³/mol. The highest BCUT2D eigenvalue weighted by atomic mass is 32.1. The van der Waals surface area contributed by atoms with E-state index < -0.39 is 0 Å². The number of fused-ring (bicyclic) bond motifs is 1. The first-order chi connectivity index (χ1) is 7.28. The topological polar surface area (TPSA) is 26.3 Å². The Morgan fingerprint density at radius 3 is 2.67 bits per heavy atom. The first kappa shape index (κ1) is 9.40. The Kier molecular flexibility index (Phi) is 2.09. The van der Waals surface area contributed by atoms with Crippen LogP contribution >= 0.6 is 11.3 Å². The van der Waals surface area contributed by atoms with Crippen molar-refractivity contribution in [3.63, 3.8) is 0 Å². The molecule has 2 fully saturated rings. The molecule has 0 aromatic carbocycles. The fourth-order valence-electron chi connectivity index (χ4n) is 2.69. The van der Waals surface area contributed by atoms with E-state index in [1.54, 1.807) is 7.11 Å². The van der Waals surface area contributed by atoms with E-state index in [1.807, 2.05) is 12.1 Å². The van der Waals surface area contributed by atoms with Crippen LogP contribution in [0, 0.1) is 17.8 Å². The van der Waals surface area contributed by atoms with Gasteiger partial charge < -0.3 is 4.74 Å². The van der Waals surface area contributed by atoms with Gasteiger partial charge in [0, 0.05) is 5.92 Å². The highest BCUT2D eigenvalue weighted by molar-refractivity contribution is 7.15. The lowest BCUT2D eigenvalue weighted by molar-refractivity contribution is 0.0918. The fraction of sp³-hybridized carbons (Fsp3) is 0.583. The Morgan fingerprint density at radius 1 is 1.33 bits per heavy atom. The molecule has 3 heteroatoms. The van der Waals surface area contributed by atoms with Crippen molar-refractivity contribution >= 4 is 17.1 Å². The van der Waals surface area contributed by atoms with Gasteiger partial charge in [-0.05, 0) is 43.2 Å². The number of carbonyl (C=O) groups is 1. The number of thiophene rings is 1. The third-order valence-corrected chi connectivity index (χ3v) is 4.70. The monoisotopic (exact) mass is 222 g/mol. The van der Waals surface area contributed by atoms with Gasteiger partial charge in [0.1, 0.15) is 0 Å². The van der Waals surface area contributed by atoms with Crippen molar-refractivity contribution in [1.82, 2.24) is 0 Å². The van der Waals surface area contributed by atoms with Crippen molar-refractivity contribution in [2.75, 3.05) is 7.11 Å². The minimum atomic E-state index is 0.303. The maximum atomic E-state index is 12.1. The van der Waals surface area contributed by atoms with Crippen molar-refractivity contribution in [3.05, 3.63) is 17.0 Å². The molecule has 0 spiro atoms. The Labute approximate surface area is 93.3 Å². The molecule has 0 bridgehead atoms. The summed E-state index contributed by atoms with van der Waals surface area (Å²) in [5.74, 6) is 2.40. The van der Waals surface area contributed by atoms with E-state index in [1.165, 1.54) is 17.8 Å². The number of ketones is 1. The van der Waals surface area contributed by atoms with E-state index >= 15 is 0 Å². The summed E-state index contributed by atoms with van der Waals surface area (Å²) in [6.45, 7) is 0. The van der Waals surface area contributed by atoms with Gasteiger partial charge in [0.15, 0.2) is 10.8 Å². The van der Waals surface area contributed by atoms with Gasteiger partial charge in [-0.3, -0.25) is 4.79 Å². The molecule has 15 heavy (non-hydrogen) atoms. The molecule has 1 aromatic rings. The lowest BCUT2D eigenvalue weighted by Gasteiger charge is -2.07. The van der Waals surface area contributed by atoms with Crippen LogP contribution in [-0.4, -0.2) is 12.9 Å². The summed E-state index contributed by atoms with van der Waals surface area (Å²) in [5.41, 5.74) is 0. The van der Waals surface area contributed by atoms with Crippen molar-refractivity contribution in [2.24, 2.45) is 17.8 Å². The summed E-state index contributed by atoms with van der Waals surface area (Å²) in [6, 6.07) is 3.78. The third kappa shape index (κ3) is 1.59. The number of Topliss-reactive ketones (excluding diaryl/α,β-unsaturated/α-hetero) is 1.